The molecule has 6 heteroatoms. The summed E-state index contributed by atoms with van der Waals surface area (Å²) in [7, 11) is 0. The van der Waals surface area contributed by atoms with E-state index < -0.39 is 23.0 Å². The van der Waals surface area contributed by atoms with Crippen molar-refractivity contribution in [3.05, 3.63) is 0 Å². The van der Waals surface area contributed by atoms with Crippen molar-refractivity contribution in [1.29, 1.82) is 0 Å². The van der Waals surface area contributed by atoms with Crippen LogP contribution in [0.15, 0.2) is 0 Å². The van der Waals surface area contributed by atoms with Crippen LogP contribution in [-0.2, 0) is 4.79 Å². The minimum atomic E-state index is -1.38. The number of aliphatic hydroxyl groups excluding tert-OH is 2. The maximum Gasteiger partial charge on any atom is 0.150 e. The van der Waals surface area contributed by atoms with Gasteiger partial charge in [-0.25, -0.2) is 0 Å². The molecule has 2 N–H and O–H groups in total. The summed E-state index contributed by atoms with van der Waals surface area (Å²) < 4.78 is 0. The minimum absolute atomic E-state index is 0.0943. The Kier molecular flexibility index (Phi) is 6.23. The molecule has 12 heavy (non-hydrogen) atoms. The maximum atomic E-state index is 10.1. The molecule has 0 bridgehead atoms. The smallest absolute Gasteiger partial charge is 0.150 e. The van der Waals surface area contributed by atoms with E-state index in [9.17, 15) is 4.79 Å². The summed E-state index contributed by atoms with van der Waals surface area (Å²) in [6.45, 7) is 0. The van der Waals surface area contributed by atoms with Gasteiger partial charge in [-0.2, -0.15) is 0 Å². The van der Waals surface area contributed by atoms with E-state index in [1.165, 1.54) is 0 Å². The quantitative estimate of drug-likeness (QED) is 0.534. The van der Waals surface area contributed by atoms with Gasteiger partial charge in [0, 0.05) is 5.88 Å². The predicted molar refractivity (Wildman–Crippen MR) is 48.1 cm³/mol. The molecule has 0 saturated heterocycles. The van der Waals surface area contributed by atoms with E-state index in [0.29, 0.717) is 0 Å². The van der Waals surface area contributed by atoms with E-state index >= 15 is 0 Å². The van der Waals surface area contributed by atoms with Crippen LogP contribution in [-0.4, -0.2) is 45.3 Å². The molecule has 0 unspecified atom stereocenters. The van der Waals surface area contributed by atoms with Crippen LogP contribution in [0, 0.1) is 0 Å². The average molecular weight is 235 g/mol. The highest BCUT2D eigenvalue weighted by molar-refractivity contribution is 6.31. The zero-order valence-corrected chi connectivity index (χ0v) is 8.30. The molecule has 0 aromatic carbocycles. The molecule has 0 spiro atoms. The summed E-state index contributed by atoms with van der Waals surface area (Å²) >= 11 is 16.4. The SMILES string of the molecule is O=C[C@@H](O)[C@@H](Cl)[C@@H](Cl)[C@H](O)CCl. The van der Waals surface area contributed by atoms with E-state index in [2.05, 4.69) is 0 Å². The van der Waals surface area contributed by atoms with Crippen LogP contribution in [0.5, 0.6) is 0 Å². The van der Waals surface area contributed by atoms with Crippen LogP contribution in [0.25, 0.3) is 0 Å². The van der Waals surface area contributed by atoms with Gasteiger partial charge in [-0.3, -0.25) is 0 Å². The zero-order chi connectivity index (χ0) is 9.72. The van der Waals surface area contributed by atoms with Crippen molar-refractivity contribution < 1.29 is 15.0 Å². The van der Waals surface area contributed by atoms with Crippen molar-refractivity contribution >= 4 is 41.1 Å². The first-order chi connectivity index (χ1) is 5.54. The van der Waals surface area contributed by atoms with E-state index in [1.54, 1.807) is 0 Å². The van der Waals surface area contributed by atoms with Crippen LogP contribution < -0.4 is 0 Å². The number of alkyl halides is 3. The summed E-state index contributed by atoms with van der Waals surface area (Å²) in [4.78, 5) is 10.1. The number of aliphatic hydroxyl groups is 2. The highest BCUT2D eigenvalue weighted by Gasteiger charge is 2.29. The number of aldehydes is 1. The molecule has 3 nitrogen and oxygen atoms in total. The van der Waals surface area contributed by atoms with Gasteiger partial charge in [0.1, 0.15) is 12.4 Å². The Bertz CT molecular complexity index is 144. The van der Waals surface area contributed by atoms with Gasteiger partial charge in [-0.05, 0) is 0 Å². The Hall–Kier alpha value is 0.460. The predicted octanol–water partition coefficient (Wildman–Crippen LogP) is 0.361. The minimum Gasteiger partial charge on any atom is -0.390 e. The number of carbonyl (C=O) groups is 1. The van der Waals surface area contributed by atoms with Gasteiger partial charge in [-0.15, -0.1) is 34.8 Å². The molecular weight excluding hydrogens is 226 g/mol. The van der Waals surface area contributed by atoms with Crippen LogP contribution in [0.1, 0.15) is 0 Å². The largest absolute Gasteiger partial charge is 0.390 e. The van der Waals surface area contributed by atoms with Gasteiger partial charge < -0.3 is 15.0 Å². The maximum absolute atomic E-state index is 10.1. The van der Waals surface area contributed by atoms with Crippen molar-refractivity contribution in [2.24, 2.45) is 0 Å². The van der Waals surface area contributed by atoms with E-state index in [4.69, 9.17) is 45.0 Å². The van der Waals surface area contributed by atoms with Gasteiger partial charge in [0.15, 0.2) is 0 Å². The van der Waals surface area contributed by atoms with Crippen LogP contribution in [0.4, 0.5) is 0 Å². The second kappa shape index (κ2) is 6.00. The molecule has 0 aromatic rings. The number of halogens is 3. The fraction of sp³-hybridized carbons (Fsp3) is 0.833. The van der Waals surface area contributed by atoms with E-state index in [-0.39, 0.29) is 12.2 Å². The lowest BCUT2D eigenvalue weighted by Crippen LogP contribution is -2.38. The average Bonchev–Trinajstić information content (AvgIpc) is 2.12. The molecule has 0 aromatic heterocycles. The first kappa shape index (κ1) is 12.5. The first-order valence-corrected chi connectivity index (χ1v) is 4.60. The molecule has 0 aliphatic carbocycles. The summed E-state index contributed by atoms with van der Waals surface area (Å²) in [5, 5.41) is 16.0. The van der Waals surface area contributed by atoms with Crippen molar-refractivity contribution in [2.75, 3.05) is 5.88 Å². The van der Waals surface area contributed by atoms with Crippen molar-refractivity contribution in [3.63, 3.8) is 0 Å². The number of hydrogen-bond donors (Lipinski definition) is 2. The fourth-order valence-corrected chi connectivity index (χ4v) is 1.31. The zero-order valence-electron chi connectivity index (χ0n) is 6.03. The highest BCUT2D eigenvalue weighted by atomic mass is 35.5. The summed E-state index contributed by atoms with van der Waals surface area (Å²) in [6, 6.07) is 0. The van der Waals surface area contributed by atoms with Gasteiger partial charge >= 0.3 is 0 Å². The third-order valence-electron chi connectivity index (χ3n) is 1.30. The third kappa shape index (κ3) is 3.46. The van der Waals surface area contributed by atoms with E-state index in [0.717, 1.165) is 0 Å². The van der Waals surface area contributed by atoms with Crippen LogP contribution >= 0.6 is 34.8 Å². The van der Waals surface area contributed by atoms with Crippen molar-refractivity contribution in [2.45, 2.75) is 23.0 Å². The summed E-state index contributed by atoms with van der Waals surface area (Å²) in [5.74, 6) is -0.0943. The van der Waals surface area contributed by atoms with Crippen LogP contribution in [0.3, 0.4) is 0 Å². The Labute approximate surface area is 85.2 Å². The van der Waals surface area contributed by atoms with Gasteiger partial charge in [0.05, 0.1) is 16.9 Å². The molecule has 72 valence electrons. The topological polar surface area (TPSA) is 57.5 Å². The molecule has 0 radical (unpaired) electrons. The Balaban J connectivity index is 4.07. The standard InChI is InChI=1S/C6H9Cl3O3/c7-1-3(11)5(8)6(9)4(12)2-10/h2-6,11-12H,1H2/t3-,4-,5+,6-/m1/s1. The Morgan fingerprint density at radius 1 is 1.25 bits per heavy atom. The third-order valence-corrected chi connectivity index (χ3v) is 2.83. The van der Waals surface area contributed by atoms with E-state index in [1.807, 2.05) is 0 Å². The summed E-state index contributed by atoms with van der Waals surface area (Å²) in [5.41, 5.74) is 0. The molecular formula is C6H9Cl3O3. The lowest BCUT2D eigenvalue weighted by atomic mass is 10.1. The molecule has 0 amide bonds. The van der Waals surface area contributed by atoms with Gasteiger partial charge in [0.25, 0.3) is 0 Å². The second-order valence-electron chi connectivity index (χ2n) is 2.24. The normalized spacial score (nSPS) is 21.1. The fourth-order valence-electron chi connectivity index (χ4n) is 0.561. The summed E-state index contributed by atoms with van der Waals surface area (Å²) in [6.07, 6.45) is -2.16. The number of rotatable bonds is 5. The molecule has 0 saturated carbocycles. The molecule has 0 aliphatic heterocycles. The van der Waals surface area contributed by atoms with Gasteiger partial charge in [0.2, 0.25) is 0 Å². The molecule has 0 aliphatic rings. The molecule has 0 heterocycles. The van der Waals surface area contributed by atoms with Crippen molar-refractivity contribution in [1.82, 2.24) is 0 Å². The molecule has 4 atom stereocenters. The van der Waals surface area contributed by atoms with Crippen LogP contribution in [0.2, 0.25) is 0 Å². The lowest BCUT2D eigenvalue weighted by molar-refractivity contribution is -0.115. The Morgan fingerprint density at radius 2 is 1.75 bits per heavy atom. The number of hydrogen-bond acceptors (Lipinski definition) is 3. The molecule has 0 fully saturated rings. The second-order valence-corrected chi connectivity index (χ2v) is 3.55. The van der Waals surface area contributed by atoms with Gasteiger partial charge in [-0.1, -0.05) is 0 Å². The first-order valence-electron chi connectivity index (χ1n) is 3.20. The Morgan fingerprint density at radius 3 is 2.08 bits per heavy atom. The monoisotopic (exact) mass is 234 g/mol. The highest BCUT2D eigenvalue weighted by Crippen LogP contribution is 2.17. The van der Waals surface area contributed by atoms with Crippen molar-refractivity contribution in [3.8, 4) is 0 Å². The molecule has 0 rings (SSSR count). The lowest BCUT2D eigenvalue weighted by Gasteiger charge is -2.20. The number of carbonyl (C=O) groups excluding carboxylic acids is 1.